The van der Waals surface area contributed by atoms with Crippen molar-refractivity contribution in [1.82, 2.24) is 4.98 Å². The third kappa shape index (κ3) is 1.64. The van der Waals surface area contributed by atoms with Crippen LogP contribution in [0.15, 0.2) is 12.3 Å². The van der Waals surface area contributed by atoms with E-state index in [9.17, 15) is 18.9 Å². The molecule has 0 spiro atoms. The van der Waals surface area contributed by atoms with E-state index in [1.54, 1.807) is 0 Å². The summed E-state index contributed by atoms with van der Waals surface area (Å²) in [6.07, 6.45) is -2.14. The first-order valence-electron chi connectivity index (χ1n) is 3.39. The van der Waals surface area contributed by atoms with E-state index in [2.05, 4.69) is 4.98 Å². The maximum Gasteiger partial charge on any atom is 0.282 e. The van der Waals surface area contributed by atoms with E-state index in [1.165, 1.54) is 6.07 Å². The van der Waals surface area contributed by atoms with Gasteiger partial charge in [-0.15, -0.1) is 0 Å². The SMILES string of the molecule is N#Cc1nccc([N+](=O)[O-])c1C(F)F. The summed E-state index contributed by atoms with van der Waals surface area (Å²) in [7, 11) is 0. The second-order valence-electron chi connectivity index (χ2n) is 2.26. The van der Waals surface area contributed by atoms with Crippen LogP contribution in [0.4, 0.5) is 14.5 Å². The molecule has 1 heterocycles. The van der Waals surface area contributed by atoms with Crippen LogP contribution in [0.2, 0.25) is 0 Å². The molecule has 0 atom stereocenters. The maximum absolute atomic E-state index is 12.3. The second kappa shape index (κ2) is 3.74. The predicted octanol–water partition coefficient (Wildman–Crippen LogP) is 1.80. The van der Waals surface area contributed by atoms with Gasteiger partial charge in [0, 0.05) is 12.3 Å². The van der Waals surface area contributed by atoms with Crippen LogP contribution < -0.4 is 0 Å². The van der Waals surface area contributed by atoms with Crippen LogP contribution in [-0.2, 0) is 0 Å². The van der Waals surface area contributed by atoms with E-state index in [1.807, 2.05) is 0 Å². The van der Waals surface area contributed by atoms with Crippen LogP contribution in [-0.4, -0.2) is 9.91 Å². The summed E-state index contributed by atoms with van der Waals surface area (Å²) in [5.74, 6) is 0. The van der Waals surface area contributed by atoms with Crippen LogP contribution in [0, 0.1) is 21.4 Å². The van der Waals surface area contributed by atoms with Crippen LogP contribution in [0.5, 0.6) is 0 Å². The molecule has 14 heavy (non-hydrogen) atoms. The largest absolute Gasteiger partial charge is 0.282 e. The van der Waals surface area contributed by atoms with Crippen molar-refractivity contribution < 1.29 is 13.7 Å². The molecule has 1 rings (SSSR count). The minimum Gasteiger partial charge on any atom is -0.258 e. The van der Waals surface area contributed by atoms with E-state index in [0.717, 1.165) is 12.3 Å². The lowest BCUT2D eigenvalue weighted by Crippen LogP contribution is -2.00. The summed E-state index contributed by atoms with van der Waals surface area (Å²) < 4.78 is 24.7. The second-order valence-corrected chi connectivity index (χ2v) is 2.26. The Morgan fingerprint density at radius 3 is 2.71 bits per heavy atom. The van der Waals surface area contributed by atoms with Gasteiger partial charge >= 0.3 is 0 Å². The number of hydrogen-bond donors (Lipinski definition) is 0. The van der Waals surface area contributed by atoms with Gasteiger partial charge in [0.05, 0.1) is 4.92 Å². The number of nitrogens with zero attached hydrogens (tertiary/aromatic N) is 3. The fourth-order valence-electron chi connectivity index (χ4n) is 0.926. The Morgan fingerprint density at radius 1 is 1.64 bits per heavy atom. The van der Waals surface area contributed by atoms with E-state index >= 15 is 0 Å². The van der Waals surface area contributed by atoms with E-state index < -0.39 is 28.3 Å². The fourth-order valence-corrected chi connectivity index (χ4v) is 0.926. The Balaban J connectivity index is 3.45. The van der Waals surface area contributed by atoms with Gasteiger partial charge in [-0.05, 0) is 0 Å². The van der Waals surface area contributed by atoms with Gasteiger partial charge in [0.2, 0.25) is 0 Å². The lowest BCUT2D eigenvalue weighted by Gasteiger charge is -2.01. The Bertz CT molecular complexity index is 414. The third-order valence-corrected chi connectivity index (χ3v) is 1.49. The van der Waals surface area contributed by atoms with E-state index in [4.69, 9.17) is 5.26 Å². The molecule has 0 bridgehead atoms. The van der Waals surface area contributed by atoms with Crippen LogP contribution in [0.3, 0.4) is 0 Å². The van der Waals surface area contributed by atoms with Crippen molar-refractivity contribution in [1.29, 1.82) is 5.26 Å². The lowest BCUT2D eigenvalue weighted by molar-refractivity contribution is -0.386. The summed E-state index contributed by atoms with van der Waals surface area (Å²) in [5.41, 5.74) is -2.33. The summed E-state index contributed by atoms with van der Waals surface area (Å²) in [5, 5.41) is 18.7. The number of hydrogen-bond acceptors (Lipinski definition) is 4. The molecule has 0 fully saturated rings. The van der Waals surface area contributed by atoms with Crippen LogP contribution in [0.1, 0.15) is 17.7 Å². The molecule has 0 aliphatic carbocycles. The Morgan fingerprint density at radius 2 is 2.29 bits per heavy atom. The Hall–Kier alpha value is -2.10. The molecule has 0 unspecified atom stereocenters. The molecule has 0 aliphatic heterocycles. The minimum atomic E-state index is -3.08. The first kappa shape index (κ1) is 9.98. The smallest absolute Gasteiger partial charge is 0.258 e. The molecule has 72 valence electrons. The average molecular weight is 199 g/mol. The zero-order chi connectivity index (χ0) is 10.7. The Labute approximate surface area is 76.8 Å². The van der Waals surface area contributed by atoms with Crippen molar-refractivity contribution in [3.63, 3.8) is 0 Å². The molecule has 0 amide bonds. The molecule has 0 aromatic carbocycles. The highest BCUT2D eigenvalue weighted by molar-refractivity contribution is 5.47. The van der Waals surface area contributed by atoms with Gasteiger partial charge in [-0.2, -0.15) is 5.26 Å². The van der Waals surface area contributed by atoms with Crippen molar-refractivity contribution >= 4 is 5.69 Å². The highest BCUT2D eigenvalue weighted by atomic mass is 19.3. The zero-order valence-electron chi connectivity index (χ0n) is 6.65. The zero-order valence-corrected chi connectivity index (χ0v) is 6.65. The van der Waals surface area contributed by atoms with E-state index in [-0.39, 0.29) is 0 Å². The molecule has 0 saturated carbocycles. The number of rotatable bonds is 2. The van der Waals surface area contributed by atoms with E-state index in [0.29, 0.717) is 0 Å². The van der Waals surface area contributed by atoms with Gasteiger partial charge in [-0.25, -0.2) is 13.8 Å². The highest BCUT2D eigenvalue weighted by Crippen LogP contribution is 2.30. The molecular formula is C7H3F2N3O2. The summed E-state index contributed by atoms with van der Waals surface area (Å²) in [6, 6.07) is 2.21. The monoisotopic (exact) mass is 199 g/mol. The van der Waals surface area contributed by atoms with Gasteiger partial charge in [0.1, 0.15) is 11.6 Å². The number of nitriles is 1. The predicted molar refractivity (Wildman–Crippen MR) is 40.6 cm³/mol. The first-order chi connectivity index (χ1) is 6.57. The molecule has 0 aliphatic rings. The molecule has 0 saturated heterocycles. The van der Waals surface area contributed by atoms with Gasteiger partial charge in [0.15, 0.2) is 5.69 Å². The fraction of sp³-hybridized carbons (Fsp3) is 0.143. The first-order valence-corrected chi connectivity index (χ1v) is 3.39. The van der Waals surface area contributed by atoms with Crippen molar-refractivity contribution in [2.75, 3.05) is 0 Å². The van der Waals surface area contributed by atoms with Crippen LogP contribution in [0.25, 0.3) is 0 Å². The molecule has 0 N–H and O–H groups in total. The minimum absolute atomic E-state index is 0.616. The number of nitro groups is 1. The topological polar surface area (TPSA) is 79.8 Å². The molecule has 5 nitrogen and oxygen atoms in total. The van der Waals surface area contributed by atoms with Crippen molar-refractivity contribution in [2.24, 2.45) is 0 Å². The van der Waals surface area contributed by atoms with Crippen molar-refractivity contribution in [2.45, 2.75) is 6.43 Å². The van der Waals surface area contributed by atoms with Crippen LogP contribution >= 0.6 is 0 Å². The molecule has 7 heteroatoms. The number of alkyl halides is 2. The molecule has 1 aromatic heterocycles. The van der Waals surface area contributed by atoms with Gasteiger partial charge in [0.25, 0.3) is 12.1 Å². The quantitative estimate of drug-likeness (QED) is 0.537. The van der Waals surface area contributed by atoms with Gasteiger partial charge in [-0.1, -0.05) is 0 Å². The summed E-state index contributed by atoms with van der Waals surface area (Å²) in [6.45, 7) is 0. The maximum atomic E-state index is 12.3. The van der Waals surface area contributed by atoms with Gasteiger partial charge in [-0.3, -0.25) is 10.1 Å². The third-order valence-electron chi connectivity index (χ3n) is 1.49. The molecule has 0 radical (unpaired) electrons. The molecular weight excluding hydrogens is 196 g/mol. The standard InChI is InChI=1S/C7H3F2N3O2/c8-7(9)6-4(3-10)11-2-1-5(6)12(13)14/h1-2,7H. The lowest BCUT2D eigenvalue weighted by atomic mass is 10.2. The summed E-state index contributed by atoms with van der Waals surface area (Å²) in [4.78, 5) is 12.7. The number of pyridine rings is 1. The van der Waals surface area contributed by atoms with Crippen molar-refractivity contribution in [3.8, 4) is 6.07 Å². The number of halogens is 2. The summed E-state index contributed by atoms with van der Waals surface area (Å²) >= 11 is 0. The molecule has 1 aromatic rings. The Kier molecular flexibility index (Phi) is 2.67. The highest BCUT2D eigenvalue weighted by Gasteiger charge is 2.26. The normalized spacial score (nSPS) is 9.86. The number of aromatic nitrogens is 1. The average Bonchev–Trinajstić information content (AvgIpc) is 2.16. The van der Waals surface area contributed by atoms with Gasteiger partial charge < -0.3 is 0 Å². The van der Waals surface area contributed by atoms with Crippen molar-refractivity contribution in [3.05, 3.63) is 33.6 Å².